The van der Waals surface area contributed by atoms with Crippen molar-refractivity contribution in [2.24, 2.45) is 0 Å². The van der Waals surface area contributed by atoms with Crippen molar-refractivity contribution in [2.45, 2.75) is 23.1 Å². The van der Waals surface area contributed by atoms with Crippen molar-refractivity contribution in [3.05, 3.63) is 54.1 Å². The van der Waals surface area contributed by atoms with Crippen LogP contribution in [0.25, 0.3) is 10.2 Å². The lowest BCUT2D eigenvalue weighted by molar-refractivity contribution is 0.338. The van der Waals surface area contributed by atoms with E-state index in [1.165, 1.54) is 4.70 Å². The van der Waals surface area contributed by atoms with Crippen LogP contribution >= 0.6 is 23.1 Å². The second-order valence-corrected chi connectivity index (χ2v) is 8.52. The molecule has 0 amide bonds. The van der Waals surface area contributed by atoms with E-state index in [0.29, 0.717) is 0 Å². The Hall–Kier alpha value is -1.41. The minimum absolute atomic E-state index is 0.163. The lowest BCUT2D eigenvalue weighted by atomic mass is 10.2. The minimum Gasteiger partial charge on any atom is -0.267 e. The van der Waals surface area contributed by atoms with Gasteiger partial charge in [0.15, 0.2) is 4.34 Å². The molecule has 7 heteroatoms. The molecule has 3 rings (SSSR count). The van der Waals surface area contributed by atoms with Crippen molar-refractivity contribution >= 4 is 43.4 Å². The van der Waals surface area contributed by atoms with Gasteiger partial charge in [-0.15, -0.1) is 11.3 Å². The first-order valence-corrected chi connectivity index (χ1v) is 10.8. The number of rotatable bonds is 4. The molecule has 4 nitrogen and oxygen atoms in total. The zero-order valence-corrected chi connectivity index (χ0v) is 16.2. The first kappa shape index (κ1) is 18.9. The summed E-state index contributed by atoms with van der Waals surface area (Å²) in [5.74, 6) is 0. The van der Waals surface area contributed by atoms with Gasteiger partial charge in [-0.05, 0) is 44.4 Å². The predicted octanol–water partition coefficient (Wildman–Crippen LogP) is 4.74. The van der Waals surface area contributed by atoms with Crippen molar-refractivity contribution in [3.8, 4) is 0 Å². The number of nitrogens with zero attached hydrogens (tertiary/aromatic N) is 1. The summed E-state index contributed by atoms with van der Waals surface area (Å²) in [7, 11) is -3.53. The van der Waals surface area contributed by atoms with Crippen LogP contribution in [0.1, 0.15) is 12.5 Å². The molecule has 0 fully saturated rings. The molecule has 1 aromatic heterocycles. The summed E-state index contributed by atoms with van der Waals surface area (Å²) in [5.41, 5.74) is 2.14. The highest BCUT2D eigenvalue weighted by molar-refractivity contribution is 8.00. The molecule has 128 valence electrons. The van der Waals surface area contributed by atoms with Crippen LogP contribution in [-0.4, -0.2) is 26.3 Å². The first-order chi connectivity index (χ1) is 11.5. The molecule has 0 saturated heterocycles. The Balaban J connectivity index is 0.000000175. The van der Waals surface area contributed by atoms with Crippen molar-refractivity contribution in [3.63, 3.8) is 0 Å². The molecule has 2 aromatic carbocycles. The molecule has 0 unspecified atom stereocenters. The second-order valence-electron chi connectivity index (χ2n) is 4.83. The van der Waals surface area contributed by atoms with Crippen LogP contribution in [0.3, 0.4) is 0 Å². The number of thioether (sulfide) groups is 1. The summed E-state index contributed by atoms with van der Waals surface area (Å²) in [4.78, 5) is 4.62. The number of thiazole rings is 1. The van der Waals surface area contributed by atoms with Gasteiger partial charge in [0.1, 0.15) is 0 Å². The van der Waals surface area contributed by atoms with Gasteiger partial charge < -0.3 is 0 Å². The van der Waals surface area contributed by atoms with Gasteiger partial charge in [-0.3, -0.25) is 4.18 Å². The number of fused-ring (bicyclic) bond motifs is 1. The summed E-state index contributed by atoms with van der Waals surface area (Å²) < 4.78 is 29.7. The van der Waals surface area contributed by atoms with Crippen LogP contribution in [0, 0.1) is 6.92 Å². The number of para-hydroxylation sites is 1. The maximum Gasteiger partial charge on any atom is 0.296 e. The molecule has 0 aliphatic rings. The molecular weight excluding hydrogens is 362 g/mol. The van der Waals surface area contributed by atoms with Crippen LogP contribution in [0.5, 0.6) is 0 Å². The van der Waals surface area contributed by atoms with Gasteiger partial charge in [-0.1, -0.05) is 41.6 Å². The predicted molar refractivity (Wildman–Crippen MR) is 101 cm³/mol. The van der Waals surface area contributed by atoms with E-state index in [0.717, 1.165) is 15.4 Å². The first-order valence-electron chi connectivity index (χ1n) is 7.32. The lowest BCUT2D eigenvalue weighted by Gasteiger charge is -2.02. The van der Waals surface area contributed by atoms with Gasteiger partial charge in [-0.2, -0.15) is 8.42 Å². The third-order valence-electron chi connectivity index (χ3n) is 3.03. The SMILES string of the molecule is CCOS(=O)(=O)c1ccc(C)cc1.CSc1nc2ccccc2s1. The smallest absolute Gasteiger partial charge is 0.267 e. The highest BCUT2D eigenvalue weighted by Crippen LogP contribution is 2.27. The van der Waals surface area contributed by atoms with Gasteiger partial charge in [-0.25, -0.2) is 4.98 Å². The molecule has 0 spiro atoms. The summed E-state index contributed by atoms with van der Waals surface area (Å²) in [6.07, 6.45) is 2.05. The normalized spacial score (nSPS) is 11.1. The fourth-order valence-electron chi connectivity index (χ4n) is 1.87. The average Bonchev–Trinajstić information content (AvgIpc) is 2.99. The maximum atomic E-state index is 11.3. The summed E-state index contributed by atoms with van der Waals surface area (Å²) in [5, 5.41) is 0. The molecule has 0 N–H and O–H groups in total. The van der Waals surface area contributed by atoms with E-state index in [-0.39, 0.29) is 11.5 Å². The number of benzene rings is 2. The molecule has 0 aliphatic heterocycles. The van der Waals surface area contributed by atoms with Gasteiger partial charge in [0.05, 0.1) is 21.7 Å². The van der Waals surface area contributed by atoms with Crippen LogP contribution in [-0.2, 0) is 14.3 Å². The molecule has 0 bridgehead atoms. The highest BCUT2D eigenvalue weighted by atomic mass is 32.2. The Morgan fingerprint density at radius 1 is 1.12 bits per heavy atom. The molecule has 0 aliphatic carbocycles. The fourth-order valence-corrected chi connectivity index (χ4v) is 4.27. The quantitative estimate of drug-likeness (QED) is 0.483. The van der Waals surface area contributed by atoms with E-state index in [4.69, 9.17) is 0 Å². The third kappa shape index (κ3) is 5.04. The third-order valence-corrected chi connectivity index (χ3v) is 6.45. The van der Waals surface area contributed by atoms with Crippen LogP contribution < -0.4 is 0 Å². The highest BCUT2D eigenvalue weighted by Gasteiger charge is 2.12. The maximum absolute atomic E-state index is 11.3. The Bertz CT molecular complexity index is 854. The van der Waals surface area contributed by atoms with Gasteiger partial charge in [0, 0.05) is 0 Å². The Morgan fingerprint density at radius 2 is 1.79 bits per heavy atom. The Morgan fingerprint density at radius 3 is 2.38 bits per heavy atom. The minimum atomic E-state index is -3.53. The number of aryl methyl sites for hydroxylation is 1. The van der Waals surface area contributed by atoms with E-state index in [1.807, 2.05) is 25.1 Å². The van der Waals surface area contributed by atoms with E-state index >= 15 is 0 Å². The van der Waals surface area contributed by atoms with E-state index in [1.54, 1.807) is 54.3 Å². The van der Waals surface area contributed by atoms with E-state index < -0.39 is 10.1 Å². The van der Waals surface area contributed by atoms with Crippen molar-refractivity contribution in [1.82, 2.24) is 4.98 Å². The standard InChI is InChI=1S/C9H12O3S.C8H7NS2/c1-3-12-13(10,11)9-6-4-8(2)5-7-9;1-10-8-9-6-4-2-3-5-7(6)11-8/h4-7H,3H2,1-2H3;2-5H,1H3. The van der Waals surface area contributed by atoms with Crippen LogP contribution in [0.15, 0.2) is 57.8 Å². The topological polar surface area (TPSA) is 56.3 Å². The van der Waals surface area contributed by atoms with Crippen molar-refractivity contribution in [1.29, 1.82) is 0 Å². The number of hydrogen-bond donors (Lipinski definition) is 0. The van der Waals surface area contributed by atoms with Crippen LogP contribution in [0.4, 0.5) is 0 Å². The molecule has 1 heterocycles. The zero-order valence-electron chi connectivity index (χ0n) is 13.7. The van der Waals surface area contributed by atoms with Crippen LogP contribution in [0.2, 0.25) is 0 Å². The largest absolute Gasteiger partial charge is 0.296 e. The molecule has 24 heavy (non-hydrogen) atoms. The summed E-state index contributed by atoms with van der Waals surface area (Å²) >= 11 is 3.45. The van der Waals surface area contributed by atoms with Gasteiger partial charge >= 0.3 is 0 Å². The van der Waals surface area contributed by atoms with Gasteiger partial charge in [0.2, 0.25) is 0 Å². The summed E-state index contributed by atoms with van der Waals surface area (Å²) in [6.45, 7) is 3.71. The van der Waals surface area contributed by atoms with Crippen molar-refractivity contribution in [2.75, 3.05) is 12.9 Å². The lowest BCUT2D eigenvalue weighted by Crippen LogP contribution is -2.05. The van der Waals surface area contributed by atoms with E-state index in [9.17, 15) is 8.42 Å². The number of hydrogen-bond acceptors (Lipinski definition) is 6. The van der Waals surface area contributed by atoms with Gasteiger partial charge in [0.25, 0.3) is 10.1 Å². The fraction of sp³-hybridized carbons (Fsp3) is 0.235. The second kappa shape index (κ2) is 8.62. The Kier molecular flexibility index (Phi) is 6.79. The monoisotopic (exact) mass is 381 g/mol. The number of aromatic nitrogens is 1. The molecule has 3 aromatic rings. The molecule has 0 saturated carbocycles. The van der Waals surface area contributed by atoms with Crippen molar-refractivity contribution < 1.29 is 12.6 Å². The Labute approximate surface area is 151 Å². The molecule has 0 radical (unpaired) electrons. The molecular formula is C17H19NO3S3. The average molecular weight is 382 g/mol. The summed E-state index contributed by atoms with van der Waals surface area (Å²) in [6, 6.07) is 14.8. The van der Waals surface area contributed by atoms with E-state index in [2.05, 4.69) is 21.5 Å². The molecule has 0 atom stereocenters. The zero-order chi connectivity index (χ0) is 17.6.